The van der Waals surface area contributed by atoms with Gasteiger partial charge in [-0.05, 0) is 42.9 Å². The van der Waals surface area contributed by atoms with Crippen LogP contribution in [0, 0.1) is 5.92 Å². The summed E-state index contributed by atoms with van der Waals surface area (Å²) >= 11 is 0. The Bertz CT molecular complexity index is 715. The fraction of sp³-hybridized carbons (Fsp3) is 0.444. The zero-order valence-corrected chi connectivity index (χ0v) is 14.0. The van der Waals surface area contributed by atoms with Crippen LogP contribution in [0.2, 0.25) is 0 Å². The Hall–Kier alpha value is -2.54. The minimum absolute atomic E-state index is 0.0172. The van der Waals surface area contributed by atoms with Crippen LogP contribution in [0.1, 0.15) is 18.4 Å². The van der Waals surface area contributed by atoms with E-state index in [4.69, 9.17) is 14.2 Å². The number of methoxy groups -OCH3 is 2. The molecule has 7 nitrogen and oxygen atoms in total. The maximum Gasteiger partial charge on any atom is 0.334 e. The van der Waals surface area contributed by atoms with Crippen LogP contribution in [0.15, 0.2) is 29.3 Å². The highest BCUT2D eigenvalue weighted by molar-refractivity contribution is 6.01. The minimum atomic E-state index is -1.21. The summed E-state index contributed by atoms with van der Waals surface area (Å²) in [7, 11) is 3.17. The molecule has 0 saturated carbocycles. The summed E-state index contributed by atoms with van der Waals surface area (Å²) in [5.74, 6) is -1.05. The Morgan fingerprint density at radius 1 is 1.08 bits per heavy atom. The number of rotatable bonds is 7. The maximum atomic E-state index is 11.5. The Labute approximate surface area is 144 Å². The molecule has 0 aliphatic carbocycles. The quantitative estimate of drug-likeness (QED) is 0.776. The molecule has 3 atom stereocenters. The first-order chi connectivity index (χ1) is 11.9. The number of carbonyl (C=O) groups is 2. The highest BCUT2D eigenvalue weighted by Crippen LogP contribution is 2.45. The van der Waals surface area contributed by atoms with Crippen molar-refractivity contribution in [3.63, 3.8) is 0 Å². The molecule has 1 saturated heterocycles. The number of hydrogen-bond acceptors (Lipinski definition) is 5. The summed E-state index contributed by atoms with van der Waals surface area (Å²) in [4.78, 5) is 22.8. The third-order valence-electron chi connectivity index (χ3n) is 4.83. The van der Waals surface area contributed by atoms with Gasteiger partial charge in [0, 0.05) is 6.07 Å². The summed E-state index contributed by atoms with van der Waals surface area (Å²) in [6.45, 7) is 0. The first kappa shape index (κ1) is 17.3. The average molecular weight is 348 g/mol. The van der Waals surface area contributed by atoms with E-state index in [1.807, 2.05) is 12.1 Å². The molecule has 0 amide bonds. The Morgan fingerprint density at radius 2 is 1.68 bits per heavy atom. The van der Waals surface area contributed by atoms with Gasteiger partial charge in [-0.15, -0.1) is 0 Å². The first-order valence-corrected chi connectivity index (χ1v) is 8.02. The van der Waals surface area contributed by atoms with E-state index >= 15 is 0 Å². The molecule has 2 aliphatic rings. The molecule has 3 unspecified atom stereocenters. The fourth-order valence-electron chi connectivity index (χ4n) is 3.68. The van der Waals surface area contributed by atoms with Crippen molar-refractivity contribution >= 4 is 11.9 Å². The molecule has 2 N–H and O–H groups in total. The van der Waals surface area contributed by atoms with Crippen molar-refractivity contribution in [1.82, 2.24) is 0 Å². The first-order valence-electron chi connectivity index (χ1n) is 8.02. The van der Waals surface area contributed by atoms with Crippen molar-refractivity contribution in [2.45, 2.75) is 31.5 Å². The molecule has 0 spiro atoms. The van der Waals surface area contributed by atoms with E-state index < -0.39 is 24.1 Å². The van der Waals surface area contributed by atoms with Crippen molar-refractivity contribution in [2.75, 3.05) is 14.2 Å². The summed E-state index contributed by atoms with van der Waals surface area (Å²) in [5, 5.41) is 18.6. The minimum Gasteiger partial charge on any atom is -0.497 e. The van der Waals surface area contributed by atoms with E-state index in [-0.39, 0.29) is 17.1 Å². The van der Waals surface area contributed by atoms with Gasteiger partial charge in [-0.2, -0.15) is 0 Å². The molecule has 7 heteroatoms. The molecular weight excluding hydrogens is 328 g/mol. The monoisotopic (exact) mass is 348 g/mol. The molecule has 0 aromatic heterocycles. The van der Waals surface area contributed by atoms with Gasteiger partial charge in [-0.25, -0.2) is 9.59 Å². The molecular formula is C18H20O7. The smallest absolute Gasteiger partial charge is 0.334 e. The van der Waals surface area contributed by atoms with E-state index in [2.05, 4.69) is 0 Å². The van der Waals surface area contributed by atoms with Crippen LogP contribution >= 0.6 is 0 Å². The van der Waals surface area contributed by atoms with Gasteiger partial charge in [-0.3, -0.25) is 0 Å². The van der Waals surface area contributed by atoms with Gasteiger partial charge in [0.1, 0.15) is 11.5 Å². The van der Waals surface area contributed by atoms with E-state index in [1.165, 1.54) is 0 Å². The van der Waals surface area contributed by atoms with E-state index in [9.17, 15) is 19.8 Å². The Morgan fingerprint density at radius 3 is 2.20 bits per heavy atom. The standard InChI is InChI=1S/C18H20O7/c1-23-11-5-9(6-12(8-11)24-2)3-4-10-7-13-14(17(19)20)15(18(21)22)16(10)25-13/h5-6,8,10,13,16H,3-4,7H2,1-2H3,(H,19,20)(H,21,22). The molecule has 25 heavy (non-hydrogen) atoms. The number of hydrogen-bond donors (Lipinski definition) is 2. The number of ether oxygens (including phenoxy) is 3. The number of carboxylic acid groups (broad SMARTS) is 2. The fourth-order valence-corrected chi connectivity index (χ4v) is 3.68. The van der Waals surface area contributed by atoms with Crippen molar-refractivity contribution in [2.24, 2.45) is 5.92 Å². The van der Waals surface area contributed by atoms with Gasteiger partial charge in [0.15, 0.2) is 0 Å². The zero-order chi connectivity index (χ0) is 18.1. The number of aryl methyl sites for hydroxylation is 1. The van der Waals surface area contributed by atoms with Crippen LogP contribution < -0.4 is 9.47 Å². The molecule has 134 valence electrons. The van der Waals surface area contributed by atoms with Gasteiger partial charge in [0.05, 0.1) is 37.6 Å². The van der Waals surface area contributed by atoms with Gasteiger partial charge in [-0.1, -0.05) is 0 Å². The summed E-state index contributed by atoms with van der Waals surface area (Å²) < 4.78 is 16.1. The molecule has 1 fully saturated rings. The molecule has 2 aliphatic heterocycles. The second-order valence-corrected chi connectivity index (χ2v) is 6.24. The second-order valence-electron chi connectivity index (χ2n) is 6.24. The highest BCUT2D eigenvalue weighted by Gasteiger charge is 2.51. The van der Waals surface area contributed by atoms with Crippen LogP contribution in [0.4, 0.5) is 0 Å². The van der Waals surface area contributed by atoms with Gasteiger partial charge in [0.25, 0.3) is 0 Å². The third-order valence-corrected chi connectivity index (χ3v) is 4.83. The lowest BCUT2D eigenvalue weighted by Gasteiger charge is -2.20. The highest BCUT2D eigenvalue weighted by atomic mass is 16.5. The normalized spacial score (nSPS) is 24.5. The SMILES string of the molecule is COc1cc(CCC2CC3OC2C(C(=O)O)=C3C(=O)O)cc(OC)c1. The lowest BCUT2D eigenvalue weighted by Crippen LogP contribution is -2.28. The lowest BCUT2D eigenvalue weighted by molar-refractivity contribution is -0.136. The van der Waals surface area contributed by atoms with Crippen molar-refractivity contribution in [1.29, 1.82) is 0 Å². The second kappa shape index (κ2) is 6.76. The van der Waals surface area contributed by atoms with Gasteiger partial charge >= 0.3 is 11.9 Å². The van der Waals surface area contributed by atoms with Crippen LogP contribution in [0.25, 0.3) is 0 Å². The van der Waals surface area contributed by atoms with Crippen molar-refractivity contribution in [3.05, 3.63) is 34.9 Å². The van der Waals surface area contributed by atoms with Gasteiger partial charge < -0.3 is 24.4 Å². The predicted octanol–water partition coefficient (Wildman–Crippen LogP) is 1.89. The number of fused-ring (bicyclic) bond motifs is 2. The largest absolute Gasteiger partial charge is 0.497 e. The van der Waals surface area contributed by atoms with Crippen LogP contribution in [-0.4, -0.2) is 48.6 Å². The average Bonchev–Trinajstić information content (AvgIpc) is 3.17. The summed E-state index contributed by atoms with van der Waals surface area (Å²) in [6.07, 6.45) is 0.644. The van der Waals surface area contributed by atoms with Gasteiger partial charge in [0.2, 0.25) is 0 Å². The van der Waals surface area contributed by atoms with Crippen molar-refractivity contribution < 1.29 is 34.0 Å². The summed E-state index contributed by atoms with van der Waals surface area (Å²) in [5.41, 5.74) is 0.812. The Kier molecular flexibility index (Phi) is 4.67. The molecule has 0 radical (unpaired) electrons. The van der Waals surface area contributed by atoms with E-state index in [0.717, 1.165) is 5.56 Å². The molecule has 3 rings (SSSR count). The molecule has 2 heterocycles. The third kappa shape index (κ3) is 3.19. The number of aliphatic carboxylic acids is 2. The van der Waals surface area contributed by atoms with E-state index in [1.54, 1.807) is 20.3 Å². The van der Waals surface area contributed by atoms with Crippen LogP contribution in [0.5, 0.6) is 11.5 Å². The van der Waals surface area contributed by atoms with Crippen molar-refractivity contribution in [3.8, 4) is 11.5 Å². The molecule has 1 aromatic carbocycles. The lowest BCUT2D eigenvalue weighted by atomic mass is 9.81. The van der Waals surface area contributed by atoms with Crippen LogP contribution in [-0.2, 0) is 20.7 Å². The predicted molar refractivity (Wildman–Crippen MR) is 86.9 cm³/mol. The molecule has 1 aromatic rings. The van der Waals surface area contributed by atoms with Crippen LogP contribution in [0.3, 0.4) is 0 Å². The van der Waals surface area contributed by atoms with E-state index in [0.29, 0.717) is 30.8 Å². The number of benzene rings is 1. The topological polar surface area (TPSA) is 102 Å². The number of carboxylic acids is 2. The summed E-state index contributed by atoms with van der Waals surface area (Å²) in [6, 6.07) is 5.61. The maximum absolute atomic E-state index is 11.5. The Balaban J connectivity index is 1.74. The molecule has 2 bridgehead atoms. The zero-order valence-electron chi connectivity index (χ0n) is 14.0.